The quantitative estimate of drug-likeness (QED) is 0.310. The highest BCUT2D eigenvalue weighted by Crippen LogP contribution is 2.51. The molecule has 27 heavy (non-hydrogen) atoms. The third kappa shape index (κ3) is 6.71. The van der Waals surface area contributed by atoms with Gasteiger partial charge >= 0.3 is 0 Å². The van der Waals surface area contributed by atoms with Gasteiger partial charge in [0.2, 0.25) is 0 Å². The molecule has 0 unspecified atom stereocenters. The molecule has 0 saturated heterocycles. The van der Waals surface area contributed by atoms with Gasteiger partial charge in [-0.3, -0.25) is 0 Å². The number of nitrogens with zero attached hydrogens (tertiary/aromatic N) is 2. The molecule has 7 heteroatoms. The number of rotatable bonds is 8. The second-order valence-corrected chi connectivity index (χ2v) is 8.56. The summed E-state index contributed by atoms with van der Waals surface area (Å²) in [7, 11) is 0. The summed E-state index contributed by atoms with van der Waals surface area (Å²) < 4.78 is 5.66. The van der Waals surface area contributed by atoms with Crippen molar-refractivity contribution in [3.8, 4) is 0 Å². The second-order valence-electron chi connectivity index (χ2n) is 7.02. The van der Waals surface area contributed by atoms with E-state index in [1.54, 1.807) is 0 Å². The van der Waals surface area contributed by atoms with Crippen LogP contribution in [0.4, 0.5) is 0 Å². The number of aromatic nitrogens is 1. The summed E-state index contributed by atoms with van der Waals surface area (Å²) in [5, 5.41) is 10.9. The molecule has 3 rings (SSSR count). The third-order valence-corrected chi connectivity index (χ3v) is 5.86. The molecule has 1 saturated carbocycles. The summed E-state index contributed by atoms with van der Waals surface area (Å²) in [5.41, 5.74) is 0.976. The maximum atomic E-state index is 5.37. The van der Waals surface area contributed by atoms with Crippen LogP contribution in [0.3, 0.4) is 0 Å². The Hall–Kier alpha value is -1.22. The Kier molecular flexibility index (Phi) is 8.47. The van der Waals surface area contributed by atoms with Crippen molar-refractivity contribution < 1.29 is 4.52 Å². The van der Waals surface area contributed by atoms with Crippen molar-refractivity contribution in [3.63, 3.8) is 0 Å². The monoisotopic (exact) mass is 500 g/mol. The lowest BCUT2D eigenvalue weighted by molar-refractivity contribution is 0.376. The van der Waals surface area contributed by atoms with Gasteiger partial charge in [0.05, 0.1) is 5.69 Å². The number of thioether (sulfide) groups is 1. The zero-order valence-electron chi connectivity index (χ0n) is 16.2. The fraction of sp³-hybridized carbons (Fsp3) is 0.500. The average Bonchev–Trinajstić information content (AvgIpc) is 3.22. The molecule has 0 spiro atoms. The van der Waals surface area contributed by atoms with Crippen LogP contribution in [0.2, 0.25) is 0 Å². The molecule has 0 aliphatic heterocycles. The smallest absolute Gasteiger partial charge is 0.191 e. The van der Waals surface area contributed by atoms with E-state index in [0.717, 1.165) is 30.5 Å². The number of hydrogen-bond donors (Lipinski definition) is 2. The van der Waals surface area contributed by atoms with Crippen molar-refractivity contribution in [3.05, 3.63) is 47.9 Å². The van der Waals surface area contributed by atoms with Gasteiger partial charge in [0.15, 0.2) is 11.7 Å². The van der Waals surface area contributed by atoms with Gasteiger partial charge in [-0.15, -0.1) is 35.7 Å². The van der Waals surface area contributed by atoms with Crippen LogP contribution in [0.25, 0.3) is 0 Å². The molecule has 0 bridgehead atoms. The number of guanidine groups is 1. The van der Waals surface area contributed by atoms with E-state index in [4.69, 9.17) is 4.52 Å². The van der Waals surface area contributed by atoms with Gasteiger partial charge in [0.1, 0.15) is 6.54 Å². The van der Waals surface area contributed by atoms with E-state index < -0.39 is 0 Å². The van der Waals surface area contributed by atoms with Gasteiger partial charge in [-0.2, -0.15) is 0 Å². The molecular weight excluding hydrogens is 471 g/mol. The molecular formula is C20H29IN4OS. The minimum Gasteiger partial charge on any atom is -0.359 e. The van der Waals surface area contributed by atoms with Crippen molar-refractivity contribution in [2.24, 2.45) is 4.99 Å². The summed E-state index contributed by atoms with van der Waals surface area (Å²) in [4.78, 5) is 5.98. The summed E-state index contributed by atoms with van der Waals surface area (Å²) in [6.07, 6.45) is 2.47. The van der Waals surface area contributed by atoms with Gasteiger partial charge in [0.25, 0.3) is 0 Å². The first-order valence-electron chi connectivity index (χ1n) is 9.32. The Bertz CT molecular complexity index is 729. The lowest BCUT2D eigenvalue weighted by Gasteiger charge is -2.18. The number of halogens is 1. The molecule has 0 amide bonds. The molecule has 1 aromatic carbocycles. The van der Waals surface area contributed by atoms with Crippen LogP contribution >= 0.6 is 35.7 Å². The second kappa shape index (κ2) is 10.4. The van der Waals surface area contributed by atoms with Crippen LogP contribution in [0, 0.1) is 0 Å². The minimum absolute atomic E-state index is 0. The van der Waals surface area contributed by atoms with Gasteiger partial charge in [-0.25, -0.2) is 4.99 Å². The van der Waals surface area contributed by atoms with Gasteiger partial charge in [0, 0.05) is 28.8 Å². The number of benzene rings is 1. The first-order valence-corrected chi connectivity index (χ1v) is 10.1. The largest absolute Gasteiger partial charge is 0.359 e. The van der Waals surface area contributed by atoms with Crippen LogP contribution in [0.5, 0.6) is 0 Å². The van der Waals surface area contributed by atoms with E-state index in [1.807, 2.05) is 17.8 Å². The fourth-order valence-corrected chi connectivity index (χ4v) is 3.86. The van der Waals surface area contributed by atoms with Crippen molar-refractivity contribution in [1.82, 2.24) is 15.8 Å². The standard InChI is InChI=1S/C20H28N4OS.HI/c1-4-21-19(22-13-16-12-18(15(2)3)24-25-16)23-14-20(10-11-20)26-17-8-6-5-7-9-17;/h5-9,12,15H,4,10-11,13-14H2,1-3H3,(H2,21,22,23);1H. The van der Waals surface area contributed by atoms with Gasteiger partial charge in [-0.05, 0) is 37.8 Å². The Labute approximate surface area is 183 Å². The topological polar surface area (TPSA) is 62.5 Å². The van der Waals surface area contributed by atoms with Crippen molar-refractivity contribution in [2.75, 3.05) is 13.1 Å². The molecule has 1 aliphatic carbocycles. The lowest BCUT2D eigenvalue weighted by atomic mass is 10.1. The summed E-state index contributed by atoms with van der Waals surface area (Å²) in [6, 6.07) is 12.6. The highest BCUT2D eigenvalue weighted by Gasteiger charge is 2.43. The highest BCUT2D eigenvalue weighted by atomic mass is 127. The molecule has 1 aromatic heterocycles. The Balaban J connectivity index is 0.00000261. The SMILES string of the molecule is CCNC(=NCc1cc(C(C)C)no1)NCC1(Sc2ccccc2)CC1.I. The molecule has 1 heterocycles. The normalized spacial score (nSPS) is 15.3. The molecule has 2 aromatic rings. The average molecular weight is 500 g/mol. The van der Waals surface area contributed by atoms with Crippen LogP contribution in [0.1, 0.15) is 51.0 Å². The van der Waals surface area contributed by atoms with Crippen LogP contribution in [-0.2, 0) is 6.54 Å². The molecule has 148 valence electrons. The van der Waals surface area contributed by atoms with E-state index in [0.29, 0.717) is 12.5 Å². The zero-order chi connectivity index (χ0) is 18.4. The lowest BCUT2D eigenvalue weighted by Crippen LogP contribution is -2.41. The van der Waals surface area contributed by atoms with Crippen molar-refractivity contribution >= 4 is 41.7 Å². The molecule has 5 nitrogen and oxygen atoms in total. The maximum absolute atomic E-state index is 5.37. The third-order valence-electron chi connectivity index (χ3n) is 4.37. The van der Waals surface area contributed by atoms with Crippen LogP contribution < -0.4 is 10.6 Å². The van der Waals surface area contributed by atoms with E-state index in [-0.39, 0.29) is 28.7 Å². The summed E-state index contributed by atoms with van der Waals surface area (Å²) in [6.45, 7) is 8.53. The molecule has 0 atom stereocenters. The Morgan fingerprint density at radius 2 is 2.00 bits per heavy atom. The predicted octanol–water partition coefficient (Wildman–Crippen LogP) is 4.80. The van der Waals surface area contributed by atoms with Crippen molar-refractivity contribution in [2.45, 2.75) is 55.7 Å². The molecule has 2 N–H and O–H groups in total. The first kappa shape index (κ1) is 22.1. The maximum Gasteiger partial charge on any atom is 0.191 e. The van der Waals surface area contributed by atoms with Gasteiger partial charge < -0.3 is 15.2 Å². The molecule has 1 aliphatic rings. The summed E-state index contributed by atoms with van der Waals surface area (Å²) >= 11 is 1.96. The van der Waals surface area contributed by atoms with Crippen LogP contribution in [-0.4, -0.2) is 29.0 Å². The minimum atomic E-state index is 0. The molecule has 1 fully saturated rings. The predicted molar refractivity (Wildman–Crippen MR) is 123 cm³/mol. The molecule has 0 radical (unpaired) electrons. The van der Waals surface area contributed by atoms with E-state index in [1.165, 1.54) is 17.7 Å². The van der Waals surface area contributed by atoms with E-state index in [9.17, 15) is 0 Å². The number of hydrogen-bond acceptors (Lipinski definition) is 4. The first-order chi connectivity index (χ1) is 12.6. The Morgan fingerprint density at radius 1 is 1.26 bits per heavy atom. The van der Waals surface area contributed by atoms with Gasteiger partial charge in [-0.1, -0.05) is 37.2 Å². The number of nitrogens with one attached hydrogen (secondary N) is 2. The summed E-state index contributed by atoms with van der Waals surface area (Å²) in [5.74, 6) is 1.99. The van der Waals surface area contributed by atoms with Crippen LogP contribution in [0.15, 0.2) is 50.8 Å². The van der Waals surface area contributed by atoms with E-state index >= 15 is 0 Å². The zero-order valence-corrected chi connectivity index (χ0v) is 19.3. The fourth-order valence-electron chi connectivity index (χ4n) is 2.61. The Morgan fingerprint density at radius 3 is 2.59 bits per heavy atom. The van der Waals surface area contributed by atoms with E-state index in [2.05, 4.69) is 71.9 Å². The van der Waals surface area contributed by atoms with Crippen molar-refractivity contribution in [1.29, 1.82) is 0 Å². The number of aliphatic imine (C=N–C) groups is 1. The highest BCUT2D eigenvalue weighted by molar-refractivity contribution is 14.0.